The summed E-state index contributed by atoms with van der Waals surface area (Å²) in [4.78, 5) is 23.7. The van der Waals surface area contributed by atoms with Gasteiger partial charge in [0.1, 0.15) is 24.1 Å². The second kappa shape index (κ2) is 8.34. The summed E-state index contributed by atoms with van der Waals surface area (Å²) >= 11 is 0. The number of hydrogen-bond donors (Lipinski definition) is 4. The van der Waals surface area contributed by atoms with Gasteiger partial charge in [0.05, 0.1) is 13.0 Å². The van der Waals surface area contributed by atoms with Crippen LogP contribution >= 0.6 is 0 Å². The summed E-state index contributed by atoms with van der Waals surface area (Å²) in [6.07, 6.45) is -9.05. The second-order valence-electron chi connectivity index (χ2n) is 6.87. The molecule has 1 saturated heterocycles. The van der Waals surface area contributed by atoms with Gasteiger partial charge in [0.25, 0.3) is 0 Å². The van der Waals surface area contributed by atoms with E-state index in [1.54, 1.807) is 32.2 Å². The summed E-state index contributed by atoms with van der Waals surface area (Å²) in [7, 11) is 1.57. The molecule has 1 aliphatic heterocycles. The molecular formula is C20H22O9. The Morgan fingerprint density at radius 1 is 1.00 bits per heavy atom. The lowest BCUT2D eigenvalue weighted by molar-refractivity contribution is -0.286. The molecule has 6 atom stereocenters. The lowest BCUT2D eigenvalue weighted by Crippen LogP contribution is -2.60. The maximum atomic E-state index is 12.5. The van der Waals surface area contributed by atoms with Gasteiger partial charge in [0.2, 0.25) is 6.29 Å². The number of carbonyl (C=O) groups excluding carboxylic acids is 1. The van der Waals surface area contributed by atoms with Crippen molar-refractivity contribution in [1.29, 1.82) is 0 Å². The zero-order chi connectivity index (χ0) is 21.3. The molecular weight excluding hydrogens is 384 g/mol. The van der Waals surface area contributed by atoms with E-state index in [-0.39, 0.29) is 0 Å². The molecule has 0 spiro atoms. The van der Waals surface area contributed by atoms with Crippen LogP contribution in [0, 0.1) is 0 Å². The van der Waals surface area contributed by atoms with Gasteiger partial charge in [-0.25, -0.2) is 4.79 Å². The number of ether oxygens (including phenoxy) is 3. The predicted molar refractivity (Wildman–Crippen MR) is 99.3 cm³/mol. The highest BCUT2D eigenvalue weighted by Gasteiger charge is 2.48. The Morgan fingerprint density at radius 3 is 2.31 bits per heavy atom. The third-order valence-corrected chi connectivity index (χ3v) is 4.97. The normalized spacial score (nSPS) is 28.0. The van der Waals surface area contributed by atoms with Crippen LogP contribution in [0.25, 0.3) is 10.8 Å². The molecule has 2 aromatic rings. The number of carboxylic acid groups (broad SMARTS) is 1. The molecule has 29 heavy (non-hydrogen) atoms. The zero-order valence-corrected chi connectivity index (χ0v) is 15.8. The first kappa shape index (κ1) is 21.0. The van der Waals surface area contributed by atoms with E-state index in [4.69, 9.17) is 19.3 Å². The summed E-state index contributed by atoms with van der Waals surface area (Å²) in [6, 6.07) is 10.9. The van der Waals surface area contributed by atoms with E-state index < -0.39 is 48.6 Å². The van der Waals surface area contributed by atoms with Crippen molar-refractivity contribution < 1.29 is 44.2 Å². The number of carboxylic acids is 1. The van der Waals surface area contributed by atoms with Gasteiger partial charge >= 0.3 is 11.9 Å². The number of carbonyl (C=O) groups is 2. The van der Waals surface area contributed by atoms with Crippen LogP contribution in [-0.2, 0) is 19.1 Å². The molecule has 0 saturated carbocycles. The first-order valence-corrected chi connectivity index (χ1v) is 8.93. The molecule has 3 rings (SSSR count). The smallest absolute Gasteiger partial charge is 0.335 e. The minimum Gasteiger partial charge on any atom is -0.497 e. The third kappa shape index (κ3) is 4.18. The lowest BCUT2D eigenvalue weighted by atomic mass is 9.97. The largest absolute Gasteiger partial charge is 0.497 e. The molecule has 9 heteroatoms. The number of fused-ring (bicyclic) bond motifs is 1. The number of esters is 1. The van der Waals surface area contributed by atoms with E-state index in [1.807, 2.05) is 18.2 Å². The minimum absolute atomic E-state index is 0.633. The number of aliphatic carboxylic acids is 1. The average molecular weight is 406 g/mol. The van der Waals surface area contributed by atoms with Gasteiger partial charge in [-0.1, -0.05) is 24.3 Å². The Hall–Kier alpha value is -2.72. The number of methoxy groups -OCH3 is 1. The Bertz CT molecular complexity index is 912. The summed E-state index contributed by atoms with van der Waals surface area (Å²) in [5.41, 5.74) is 0.633. The molecule has 4 N–H and O–H groups in total. The Labute approximate surface area is 166 Å². The second-order valence-corrected chi connectivity index (χ2v) is 6.87. The van der Waals surface area contributed by atoms with E-state index in [2.05, 4.69) is 0 Å². The number of aliphatic hydroxyl groups is 3. The summed E-state index contributed by atoms with van der Waals surface area (Å²) < 4.78 is 15.3. The van der Waals surface area contributed by atoms with Crippen LogP contribution in [0.2, 0.25) is 0 Å². The van der Waals surface area contributed by atoms with Crippen LogP contribution in [0.3, 0.4) is 0 Å². The molecule has 0 bridgehead atoms. The predicted octanol–water partition coefficient (Wildman–Crippen LogP) is 0.387. The van der Waals surface area contributed by atoms with Gasteiger partial charge in [-0.2, -0.15) is 0 Å². The van der Waals surface area contributed by atoms with Crippen LogP contribution in [0.1, 0.15) is 18.4 Å². The van der Waals surface area contributed by atoms with E-state index in [1.165, 1.54) is 0 Å². The molecule has 1 fully saturated rings. The molecule has 0 aromatic heterocycles. The van der Waals surface area contributed by atoms with Crippen molar-refractivity contribution in [1.82, 2.24) is 0 Å². The zero-order valence-electron chi connectivity index (χ0n) is 15.8. The topological polar surface area (TPSA) is 143 Å². The van der Waals surface area contributed by atoms with Crippen LogP contribution in [-0.4, -0.2) is 70.2 Å². The number of rotatable bonds is 5. The molecule has 1 aliphatic rings. The van der Waals surface area contributed by atoms with Gasteiger partial charge in [0, 0.05) is 0 Å². The van der Waals surface area contributed by atoms with Gasteiger partial charge < -0.3 is 34.6 Å². The van der Waals surface area contributed by atoms with Crippen LogP contribution in [0.15, 0.2) is 36.4 Å². The fourth-order valence-electron chi connectivity index (χ4n) is 3.14. The summed E-state index contributed by atoms with van der Waals surface area (Å²) in [5, 5.41) is 40.3. The van der Waals surface area contributed by atoms with Crippen molar-refractivity contribution in [3.05, 3.63) is 42.0 Å². The highest BCUT2D eigenvalue weighted by Crippen LogP contribution is 2.28. The van der Waals surface area contributed by atoms with Crippen molar-refractivity contribution in [2.45, 2.75) is 43.5 Å². The Balaban J connectivity index is 1.76. The van der Waals surface area contributed by atoms with Gasteiger partial charge in [-0.05, 0) is 35.4 Å². The number of aliphatic hydroxyl groups excluding tert-OH is 3. The third-order valence-electron chi connectivity index (χ3n) is 4.97. The summed E-state index contributed by atoms with van der Waals surface area (Å²) in [6.45, 7) is 1.59. The van der Waals surface area contributed by atoms with E-state index in [9.17, 15) is 24.9 Å². The molecule has 1 heterocycles. The fourth-order valence-corrected chi connectivity index (χ4v) is 3.14. The van der Waals surface area contributed by atoms with Crippen molar-refractivity contribution in [3.63, 3.8) is 0 Å². The Morgan fingerprint density at radius 2 is 1.66 bits per heavy atom. The standard InChI is InChI=1S/C20H22O9/c1-9(10-3-4-12-8-13(27-2)6-5-11(12)7-10)19(26)29-20-16(23)14(21)15(22)17(28-20)18(24)25/h3-9,14-17,20-23H,1-2H3,(H,24,25)/t9-,14-,15-,16+,17-,20-/m1/s1. The van der Waals surface area contributed by atoms with Crippen LogP contribution in [0.4, 0.5) is 0 Å². The highest BCUT2D eigenvalue weighted by atomic mass is 16.7. The SMILES string of the molecule is COc1ccc2cc([C@@H](C)C(=O)O[C@H]3O[C@@H](C(=O)O)[C@H](O)[C@@H](O)[C@@H]3O)ccc2c1. The lowest BCUT2D eigenvalue weighted by Gasteiger charge is -2.38. The summed E-state index contributed by atoms with van der Waals surface area (Å²) in [5.74, 6) is -2.39. The van der Waals surface area contributed by atoms with Gasteiger partial charge in [-0.15, -0.1) is 0 Å². The van der Waals surface area contributed by atoms with Crippen molar-refractivity contribution >= 4 is 22.7 Å². The van der Waals surface area contributed by atoms with Crippen LogP contribution < -0.4 is 4.74 Å². The molecule has 0 unspecified atom stereocenters. The quantitative estimate of drug-likeness (QED) is 0.518. The number of benzene rings is 2. The molecule has 0 radical (unpaired) electrons. The molecule has 2 aromatic carbocycles. The van der Waals surface area contributed by atoms with E-state index in [0.29, 0.717) is 11.3 Å². The average Bonchev–Trinajstić information content (AvgIpc) is 2.72. The van der Waals surface area contributed by atoms with Crippen molar-refractivity contribution in [3.8, 4) is 5.75 Å². The van der Waals surface area contributed by atoms with E-state index >= 15 is 0 Å². The fraction of sp³-hybridized carbons (Fsp3) is 0.400. The molecule has 9 nitrogen and oxygen atoms in total. The maximum Gasteiger partial charge on any atom is 0.335 e. The molecule has 0 aliphatic carbocycles. The maximum absolute atomic E-state index is 12.5. The number of hydrogen-bond acceptors (Lipinski definition) is 8. The highest BCUT2D eigenvalue weighted by molar-refractivity contribution is 5.86. The monoisotopic (exact) mass is 406 g/mol. The minimum atomic E-state index is -1.85. The van der Waals surface area contributed by atoms with Crippen LogP contribution in [0.5, 0.6) is 5.75 Å². The van der Waals surface area contributed by atoms with Gasteiger partial charge in [-0.3, -0.25) is 4.79 Å². The van der Waals surface area contributed by atoms with Crippen molar-refractivity contribution in [2.24, 2.45) is 0 Å². The molecule has 156 valence electrons. The first-order valence-electron chi connectivity index (χ1n) is 8.93. The first-order chi connectivity index (χ1) is 13.7. The van der Waals surface area contributed by atoms with E-state index in [0.717, 1.165) is 10.8 Å². The van der Waals surface area contributed by atoms with Crippen molar-refractivity contribution in [2.75, 3.05) is 7.11 Å². The molecule has 0 amide bonds. The Kier molecular flexibility index (Phi) is 6.04. The van der Waals surface area contributed by atoms with Gasteiger partial charge in [0.15, 0.2) is 6.10 Å².